The molecule has 0 heterocycles. The van der Waals surface area contributed by atoms with Gasteiger partial charge in [-0.25, -0.2) is 0 Å². The van der Waals surface area contributed by atoms with Crippen molar-refractivity contribution in [1.82, 2.24) is 10.6 Å². The molecule has 0 aliphatic carbocycles. The van der Waals surface area contributed by atoms with E-state index >= 15 is 0 Å². The molecular weight excluding hydrogens is 230 g/mol. The molecule has 5 heteroatoms. The van der Waals surface area contributed by atoms with Crippen molar-refractivity contribution in [3.8, 4) is 11.8 Å². The number of amides is 1. The molecule has 1 amide bonds. The smallest absolute Gasteiger partial charge is 0.236 e. The number of nitrogens with zero attached hydrogens (tertiary/aromatic N) is 1. The summed E-state index contributed by atoms with van der Waals surface area (Å²) in [6.07, 6.45) is 0. The van der Waals surface area contributed by atoms with E-state index < -0.39 is 0 Å². The van der Waals surface area contributed by atoms with Crippen molar-refractivity contribution in [1.29, 1.82) is 5.26 Å². The van der Waals surface area contributed by atoms with Crippen molar-refractivity contribution >= 4 is 5.91 Å². The fourth-order valence-corrected chi connectivity index (χ4v) is 1.56. The number of carbonyl (C=O) groups excluding carboxylic acids is 1. The third-order valence-electron chi connectivity index (χ3n) is 2.65. The normalized spacial score (nSPS) is 11.4. The van der Waals surface area contributed by atoms with Gasteiger partial charge in [-0.1, -0.05) is 0 Å². The van der Waals surface area contributed by atoms with Gasteiger partial charge in [0.15, 0.2) is 0 Å². The highest BCUT2D eigenvalue weighted by atomic mass is 16.5. The maximum atomic E-state index is 11.4. The largest absolute Gasteiger partial charge is 0.496 e. The Morgan fingerprint density at radius 1 is 1.56 bits per heavy atom. The van der Waals surface area contributed by atoms with Gasteiger partial charge in [0.05, 0.1) is 24.8 Å². The van der Waals surface area contributed by atoms with Crippen LogP contribution in [0.1, 0.15) is 18.1 Å². The highest BCUT2D eigenvalue weighted by molar-refractivity contribution is 5.80. The van der Waals surface area contributed by atoms with Crippen molar-refractivity contribution in [3.05, 3.63) is 29.3 Å². The molecule has 0 spiro atoms. The second-order valence-corrected chi connectivity index (χ2v) is 3.86. The van der Waals surface area contributed by atoms with Gasteiger partial charge in [-0.15, -0.1) is 0 Å². The predicted octanol–water partition coefficient (Wildman–Crippen LogP) is 0.791. The van der Waals surface area contributed by atoms with Gasteiger partial charge < -0.3 is 15.4 Å². The standard InChI is InChI=1S/C13H17N3O2/c1-9(13(17)15-2)16-8-11-6-10(7-14)4-5-12(11)18-3/h4-6,9,16H,8H2,1-3H3,(H,15,17). The fourth-order valence-electron chi connectivity index (χ4n) is 1.56. The number of ether oxygens (including phenoxy) is 1. The zero-order valence-electron chi connectivity index (χ0n) is 10.8. The average molecular weight is 247 g/mol. The van der Waals surface area contributed by atoms with Gasteiger partial charge in [0.25, 0.3) is 0 Å². The molecule has 1 aromatic carbocycles. The zero-order valence-corrected chi connectivity index (χ0v) is 10.8. The molecule has 0 bridgehead atoms. The number of likely N-dealkylation sites (N-methyl/N-ethyl adjacent to an activating group) is 1. The third kappa shape index (κ3) is 3.47. The Balaban J connectivity index is 2.77. The van der Waals surface area contributed by atoms with Crippen molar-refractivity contribution in [2.24, 2.45) is 0 Å². The lowest BCUT2D eigenvalue weighted by atomic mass is 10.1. The van der Waals surface area contributed by atoms with E-state index in [2.05, 4.69) is 16.7 Å². The van der Waals surface area contributed by atoms with Crippen LogP contribution >= 0.6 is 0 Å². The molecular formula is C13H17N3O2. The van der Waals surface area contributed by atoms with Gasteiger partial charge >= 0.3 is 0 Å². The first kappa shape index (κ1) is 14.0. The highest BCUT2D eigenvalue weighted by Crippen LogP contribution is 2.19. The van der Waals surface area contributed by atoms with Gasteiger partial charge in [0, 0.05) is 19.2 Å². The Kier molecular flexibility index (Phi) is 5.15. The first-order chi connectivity index (χ1) is 8.62. The van der Waals surface area contributed by atoms with Crippen LogP contribution in [0.25, 0.3) is 0 Å². The molecule has 1 unspecified atom stereocenters. The number of hydrogen-bond acceptors (Lipinski definition) is 4. The molecule has 1 aromatic rings. The third-order valence-corrected chi connectivity index (χ3v) is 2.65. The number of methoxy groups -OCH3 is 1. The van der Waals surface area contributed by atoms with E-state index in [0.717, 1.165) is 5.56 Å². The van der Waals surface area contributed by atoms with Crippen molar-refractivity contribution in [3.63, 3.8) is 0 Å². The Labute approximate surface area is 107 Å². The number of nitriles is 1. The topological polar surface area (TPSA) is 74.2 Å². The zero-order chi connectivity index (χ0) is 13.5. The van der Waals surface area contributed by atoms with E-state index in [-0.39, 0.29) is 11.9 Å². The number of rotatable bonds is 5. The lowest BCUT2D eigenvalue weighted by Crippen LogP contribution is -2.40. The average Bonchev–Trinajstić information content (AvgIpc) is 2.43. The Morgan fingerprint density at radius 2 is 2.28 bits per heavy atom. The summed E-state index contributed by atoms with van der Waals surface area (Å²) in [5, 5.41) is 14.5. The molecule has 0 aliphatic heterocycles. The van der Waals surface area contributed by atoms with Crippen LogP contribution < -0.4 is 15.4 Å². The monoisotopic (exact) mass is 247 g/mol. The fraction of sp³-hybridized carbons (Fsp3) is 0.385. The van der Waals surface area contributed by atoms with Crippen molar-refractivity contribution in [2.45, 2.75) is 19.5 Å². The molecule has 0 saturated heterocycles. The lowest BCUT2D eigenvalue weighted by molar-refractivity contribution is -0.122. The molecule has 0 aromatic heterocycles. The van der Waals surface area contributed by atoms with Crippen LogP contribution in [0.15, 0.2) is 18.2 Å². The van der Waals surface area contributed by atoms with Gasteiger partial charge in [0.1, 0.15) is 5.75 Å². The minimum Gasteiger partial charge on any atom is -0.496 e. The number of benzene rings is 1. The summed E-state index contributed by atoms with van der Waals surface area (Å²) in [6.45, 7) is 2.24. The molecule has 5 nitrogen and oxygen atoms in total. The predicted molar refractivity (Wildman–Crippen MR) is 68.1 cm³/mol. The van der Waals surface area contributed by atoms with Gasteiger partial charge in [-0.2, -0.15) is 5.26 Å². The van der Waals surface area contributed by atoms with Gasteiger partial charge in [-0.05, 0) is 25.1 Å². The summed E-state index contributed by atoms with van der Waals surface area (Å²) in [6, 6.07) is 6.98. The Bertz CT molecular complexity index is 466. The number of carbonyl (C=O) groups is 1. The van der Waals surface area contributed by atoms with Crippen LogP contribution in [-0.2, 0) is 11.3 Å². The molecule has 1 rings (SSSR count). The minimum absolute atomic E-state index is 0.0783. The second-order valence-electron chi connectivity index (χ2n) is 3.86. The van der Waals surface area contributed by atoms with Crippen LogP contribution in [0.3, 0.4) is 0 Å². The Morgan fingerprint density at radius 3 is 2.83 bits per heavy atom. The molecule has 18 heavy (non-hydrogen) atoms. The summed E-state index contributed by atoms with van der Waals surface area (Å²) in [4.78, 5) is 11.4. The quantitative estimate of drug-likeness (QED) is 0.806. The Hall–Kier alpha value is -2.06. The van der Waals surface area contributed by atoms with E-state index in [1.165, 1.54) is 0 Å². The van der Waals surface area contributed by atoms with Crippen molar-refractivity contribution in [2.75, 3.05) is 14.2 Å². The number of nitrogens with one attached hydrogen (secondary N) is 2. The van der Waals surface area contributed by atoms with Gasteiger partial charge in [0.2, 0.25) is 5.91 Å². The van der Waals surface area contributed by atoms with Crippen LogP contribution in [0.4, 0.5) is 0 Å². The first-order valence-electron chi connectivity index (χ1n) is 5.64. The SMILES string of the molecule is CNC(=O)C(C)NCc1cc(C#N)ccc1OC. The summed E-state index contributed by atoms with van der Waals surface area (Å²) in [5.74, 6) is 0.621. The summed E-state index contributed by atoms with van der Waals surface area (Å²) in [5.41, 5.74) is 1.42. The summed E-state index contributed by atoms with van der Waals surface area (Å²) < 4.78 is 5.21. The summed E-state index contributed by atoms with van der Waals surface area (Å²) in [7, 11) is 3.17. The molecule has 0 radical (unpaired) electrons. The number of hydrogen-bond donors (Lipinski definition) is 2. The van der Waals surface area contributed by atoms with E-state index in [1.54, 1.807) is 39.3 Å². The molecule has 0 saturated carbocycles. The molecule has 0 aliphatic rings. The van der Waals surface area contributed by atoms with Crippen molar-refractivity contribution < 1.29 is 9.53 Å². The maximum Gasteiger partial charge on any atom is 0.236 e. The minimum atomic E-state index is -0.301. The molecule has 2 N–H and O–H groups in total. The summed E-state index contributed by atoms with van der Waals surface area (Å²) >= 11 is 0. The molecule has 0 fully saturated rings. The molecule has 1 atom stereocenters. The molecule has 96 valence electrons. The maximum absolute atomic E-state index is 11.4. The van der Waals surface area contributed by atoms with E-state index in [4.69, 9.17) is 10.00 Å². The lowest BCUT2D eigenvalue weighted by Gasteiger charge is -2.14. The first-order valence-corrected chi connectivity index (χ1v) is 5.64. The second kappa shape index (κ2) is 6.62. The van der Waals surface area contributed by atoms with Crippen LogP contribution in [0, 0.1) is 11.3 Å². The van der Waals surface area contributed by atoms with E-state index in [0.29, 0.717) is 17.9 Å². The van der Waals surface area contributed by atoms with Crippen LogP contribution in [0.5, 0.6) is 5.75 Å². The van der Waals surface area contributed by atoms with E-state index in [9.17, 15) is 4.79 Å². The van der Waals surface area contributed by atoms with Crippen LogP contribution in [0.2, 0.25) is 0 Å². The highest BCUT2D eigenvalue weighted by Gasteiger charge is 2.11. The van der Waals surface area contributed by atoms with E-state index in [1.807, 2.05) is 0 Å². The van der Waals surface area contributed by atoms with Gasteiger partial charge in [-0.3, -0.25) is 4.79 Å². The van der Waals surface area contributed by atoms with Crippen LogP contribution in [-0.4, -0.2) is 26.1 Å².